The van der Waals surface area contributed by atoms with Crippen molar-refractivity contribution < 1.29 is 12.4 Å². The molecule has 0 fully saturated rings. The minimum absolute atomic E-state index is 0.396. The molecule has 0 amide bonds. The molecule has 0 heterocycles. The van der Waals surface area contributed by atoms with Gasteiger partial charge in [-0.2, -0.15) is 0 Å². The Balaban J connectivity index is 2.59. The van der Waals surface area contributed by atoms with Crippen LogP contribution in [0.15, 0.2) is 59.5 Å². The Hall–Kier alpha value is -1.22. The molecular weight excluding hydrogens is 483 g/mol. The molecule has 3 nitrogen and oxygen atoms in total. The first kappa shape index (κ1) is 31.0. The maximum atomic E-state index is 14.3. The van der Waals surface area contributed by atoms with Crippen molar-refractivity contribution in [1.29, 1.82) is 0 Å². The molecule has 0 aliphatic heterocycles. The molecule has 2 rings (SSSR count). The van der Waals surface area contributed by atoms with Crippen molar-refractivity contribution in [2.45, 2.75) is 109 Å². The van der Waals surface area contributed by atoms with E-state index in [1.54, 1.807) is 6.07 Å². The van der Waals surface area contributed by atoms with Crippen molar-refractivity contribution in [3.63, 3.8) is 0 Å². The average Bonchev–Trinajstić information content (AvgIpc) is 2.88. The van der Waals surface area contributed by atoms with Crippen molar-refractivity contribution in [3.05, 3.63) is 65.7 Å². The van der Waals surface area contributed by atoms with Gasteiger partial charge < -0.3 is 0 Å². The summed E-state index contributed by atoms with van der Waals surface area (Å²) >= 11 is 0. The zero-order chi connectivity index (χ0) is 26.4. The van der Waals surface area contributed by atoms with E-state index in [2.05, 4.69) is 52.0 Å². The van der Waals surface area contributed by atoms with Crippen molar-refractivity contribution in [2.75, 3.05) is 18.5 Å². The van der Waals surface area contributed by atoms with Crippen LogP contribution in [-0.2, 0) is 26.7 Å². The number of hydrogen-bond acceptors (Lipinski definition) is 3. The van der Waals surface area contributed by atoms with Gasteiger partial charge in [0.25, 0.3) is 0 Å². The predicted octanol–water partition coefficient (Wildman–Crippen LogP) is 9.58. The van der Waals surface area contributed by atoms with Crippen molar-refractivity contribution in [2.24, 2.45) is 0 Å². The van der Waals surface area contributed by atoms with Crippen LogP contribution in [0.3, 0.4) is 0 Å². The maximum absolute atomic E-state index is 14.3. The van der Waals surface area contributed by atoms with E-state index >= 15 is 0 Å². The zero-order valence-corrected chi connectivity index (χ0v) is 25.1. The first-order valence-electron chi connectivity index (χ1n) is 14.4. The third-order valence-corrected chi connectivity index (χ3v) is 16.4. The molecule has 0 aliphatic rings. The third kappa shape index (κ3) is 8.96. The molecular formula is C31H51O3PS. The molecule has 0 saturated heterocycles. The normalized spacial score (nSPS) is 13.4. The van der Waals surface area contributed by atoms with Gasteiger partial charge in [-0.1, -0.05) is 0 Å². The Labute approximate surface area is 222 Å². The Morgan fingerprint density at radius 1 is 0.639 bits per heavy atom. The summed E-state index contributed by atoms with van der Waals surface area (Å²) in [4.78, 5) is 0.396. The molecule has 0 bridgehead atoms. The van der Waals surface area contributed by atoms with E-state index in [1.165, 1.54) is 18.4 Å². The summed E-state index contributed by atoms with van der Waals surface area (Å²) in [7, 11) is -3.90. The SMILES string of the molecule is CCCCCCc1ccccc1S(=O)(=O)OP(CCCC)(CCCC)(CCCC)Cc1ccccc1. The van der Waals surface area contributed by atoms with Crippen LogP contribution >= 0.6 is 6.83 Å². The van der Waals surface area contributed by atoms with E-state index in [9.17, 15) is 8.42 Å². The van der Waals surface area contributed by atoms with Gasteiger partial charge in [0.05, 0.1) is 0 Å². The van der Waals surface area contributed by atoms with Gasteiger partial charge in [-0.3, -0.25) is 0 Å². The molecule has 0 radical (unpaired) electrons. The molecule has 36 heavy (non-hydrogen) atoms. The minimum atomic E-state index is -3.90. The summed E-state index contributed by atoms with van der Waals surface area (Å²) in [5, 5.41) is 0. The molecule has 0 aromatic heterocycles. The van der Waals surface area contributed by atoms with Crippen LogP contribution < -0.4 is 0 Å². The monoisotopic (exact) mass is 534 g/mol. The van der Waals surface area contributed by atoms with E-state index in [4.69, 9.17) is 3.97 Å². The first-order chi connectivity index (χ1) is 17.3. The first-order valence-corrected chi connectivity index (χ1v) is 18.7. The number of hydrogen-bond donors (Lipinski definition) is 0. The van der Waals surface area contributed by atoms with Gasteiger partial charge in [0.1, 0.15) is 0 Å². The molecule has 0 aliphatic carbocycles. The topological polar surface area (TPSA) is 43.4 Å². The summed E-state index contributed by atoms with van der Waals surface area (Å²) in [6, 6.07) is 18.1. The van der Waals surface area contributed by atoms with Crippen LogP contribution in [0.5, 0.6) is 0 Å². The van der Waals surface area contributed by atoms with E-state index < -0.39 is 16.9 Å². The molecule has 0 saturated carbocycles. The van der Waals surface area contributed by atoms with Gasteiger partial charge in [-0.15, -0.1) is 0 Å². The molecule has 0 spiro atoms. The summed E-state index contributed by atoms with van der Waals surface area (Å²) in [6.45, 7) is 5.67. The molecule has 0 atom stereocenters. The van der Waals surface area contributed by atoms with Crippen LogP contribution in [0, 0.1) is 0 Å². The fourth-order valence-electron chi connectivity index (χ4n) is 5.44. The summed E-state index contributed by atoms with van der Waals surface area (Å²) in [5.41, 5.74) is 2.12. The van der Waals surface area contributed by atoms with Crippen molar-refractivity contribution >= 4 is 16.9 Å². The second kappa shape index (κ2) is 15.3. The van der Waals surface area contributed by atoms with Crippen molar-refractivity contribution in [1.82, 2.24) is 0 Å². The molecule has 5 heteroatoms. The van der Waals surface area contributed by atoms with Gasteiger partial charge in [0.2, 0.25) is 0 Å². The molecule has 0 N–H and O–H groups in total. The van der Waals surface area contributed by atoms with Crippen LogP contribution in [0.25, 0.3) is 0 Å². The average molecular weight is 535 g/mol. The molecule has 204 valence electrons. The van der Waals surface area contributed by atoms with Crippen LogP contribution in [-0.4, -0.2) is 26.9 Å². The Kier molecular flexibility index (Phi) is 13.1. The van der Waals surface area contributed by atoms with E-state index in [1.807, 2.05) is 24.3 Å². The van der Waals surface area contributed by atoms with Gasteiger partial charge in [0, 0.05) is 0 Å². The van der Waals surface area contributed by atoms with Gasteiger partial charge in [-0.25, -0.2) is 0 Å². The standard InChI is InChI=1S/C31H51O3PS/c1-5-9-13-17-22-30-23-18-19-24-31(30)36(32,33)34-35(25-10-6-2,26-11-7-3,27-12-8-4)28-29-20-15-14-16-21-29/h14-16,18-21,23-24H,5-13,17,22,25-28H2,1-4H3. The van der Waals surface area contributed by atoms with Crippen LogP contribution in [0.4, 0.5) is 0 Å². The van der Waals surface area contributed by atoms with E-state index in [0.29, 0.717) is 4.90 Å². The van der Waals surface area contributed by atoms with E-state index in [0.717, 1.165) is 88.0 Å². The number of unbranched alkanes of at least 4 members (excludes halogenated alkanes) is 6. The second-order valence-electron chi connectivity index (χ2n) is 10.7. The number of aryl methyl sites for hydroxylation is 1. The zero-order valence-electron chi connectivity index (χ0n) is 23.4. The van der Waals surface area contributed by atoms with Gasteiger partial charge in [0.15, 0.2) is 0 Å². The quantitative estimate of drug-likeness (QED) is 0.133. The number of benzene rings is 2. The fourth-order valence-corrected chi connectivity index (χ4v) is 15.5. The van der Waals surface area contributed by atoms with Gasteiger partial charge >= 0.3 is 223 Å². The Morgan fingerprint density at radius 3 is 1.72 bits per heavy atom. The summed E-state index contributed by atoms with van der Waals surface area (Å²) in [6.07, 6.45) is 14.8. The number of rotatable bonds is 19. The van der Waals surface area contributed by atoms with E-state index in [-0.39, 0.29) is 0 Å². The summed E-state index contributed by atoms with van der Waals surface area (Å²) < 4.78 is 35.4. The second-order valence-corrected chi connectivity index (χ2v) is 18.0. The van der Waals surface area contributed by atoms with Crippen molar-refractivity contribution in [3.8, 4) is 0 Å². The molecule has 2 aromatic carbocycles. The fraction of sp³-hybridized carbons (Fsp3) is 0.613. The van der Waals surface area contributed by atoms with Crippen LogP contribution in [0.2, 0.25) is 0 Å². The Morgan fingerprint density at radius 2 is 1.17 bits per heavy atom. The molecule has 2 aromatic rings. The Bertz CT molecular complexity index is 963. The predicted molar refractivity (Wildman–Crippen MR) is 159 cm³/mol. The van der Waals surface area contributed by atoms with Crippen LogP contribution in [0.1, 0.15) is 103 Å². The summed E-state index contributed by atoms with van der Waals surface area (Å²) in [5.74, 6) is 0. The third-order valence-electron chi connectivity index (χ3n) is 7.51. The molecule has 0 unspecified atom stereocenters. The van der Waals surface area contributed by atoms with Gasteiger partial charge in [-0.05, 0) is 0 Å².